The summed E-state index contributed by atoms with van der Waals surface area (Å²) in [4.78, 5) is 2.61. The summed E-state index contributed by atoms with van der Waals surface area (Å²) in [5.41, 5.74) is 0. The van der Waals surface area contributed by atoms with Crippen LogP contribution in [-0.2, 0) is 0 Å². The molecule has 2 rings (SSSR count). The van der Waals surface area contributed by atoms with E-state index in [1.807, 2.05) is 0 Å². The molecule has 1 N–H and O–H groups in total. The van der Waals surface area contributed by atoms with Crippen LogP contribution in [0.4, 0.5) is 0 Å². The van der Waals surface area contributed by atoms with Crippen molar-refractivity contribution in [3.05, 3.63) is 0 Å². The van der Waals surface area contributed by atoms with Crippen LogP contribution in [0.3, 0.4) is 0 Å². The summed E-state index contributed by atoms with van der Waals surface area (Å²) in [6, 6.07) is 0.702. The molecule has 4 atom stereocenters. The van der Waals surface area contributed by atoms with Gasteiger partial charge in [-0.3, -0.25) is 0 Å². The van der Waals surface area contributed by atoms with Crippen molar-refractivity contribution in [2.75, 3.05) is 26.7 Å². The Morgan fingerprint density at radius 3 is 2.58 bits per heavy atom. The number of fused-ring (bicyclic) bond motifs is 2. The van der Waals surface area contributed by atoms with Gasteiger partial charge in [-0.2, -0.15) is 0 Å². The van der Waals surface area contributed by atoms with Gasteiger partial charge in [0.05, 0.1) is 0 Å². The molecule has 2 bridgehead atoms. The normalized spacial score (nSPS) is 31.3. The zero-order valence-electron chi connectivity index (χ0n) is 13.3. The van der Waals surface area contributed by atoms with Crippen LogP contribution in [0.25, 0.3) is 0 Å². The lowest BCUT2D eigenvalue weighted by Gasteiger charge is -2.30. The number of likely N-dealkylation sites (N-methyl/N-ethyl adjacent to an activating group) is 1. The van der Waals surface area contributed by atoms with Gasteiger partial charge in [-0.15, -0.1) is 0 Å². The van der Waals surface area contributed by atoms with E-state index in [0.717, 1.165) is 17.8 Å². The van der Waals surface area contributed by atoms with E-state index in [9.17, 15) is 0 Å². The van der Waals surface area contributed by atoms with Crippen molar-refractivity contribution in [3.8, 4) is 0 Å². The van der Waals surface area contributed by atoms with E-state index < -0.39 is 0 Å². The highest BCUT2D eigenvalue weighted by atomic mass is 15.1. The third kappa shape index (κ3) is 4.46. The van der Waals surface area contributed by atoms with E-state index in [0.29, 0.717) is 6.04 Å². The van der Waals surface area contributed by atoms with Gasteiger partial charge in [-0.05, 0) is 63.5 Å². The van der Waals surface area contributed by atoms with E-state index in [2.05, 4.69) is 31.1 Å². The molecule has 0 amide bonds. The fourth-order valence-corrected chi connectivity index (χ4v) is 4.41. The minimum Gasteiger partial charge on any atom is -0.313 e. The maximum absolute atomic E-state index is 3.72. The molecule has 4 unspecified atom stereocenters. The minimum atomic E-state index is 0.702. The standard InChI is InChI=1S/C17H34N2/c1-4-6-17(18-9-5-2)13-19(3)12-16-11-14-7-8-15(16)10-14/h14-18H,4-13H2,1-3H3. The summed E-state index contributed by atoms with van der Waals surface area (Å²) in [5, 5.41) is 3.72. The molecule has 112 valence electrons. The van der Waals surface area contributed by atoms with Crippen molar-refractivity contribution in [2.45, 2.75) is 64.8 Å². The van der Waals surface area contributed by atoms with Gasteiger partial charge in [0.15, 0.2) is 0 Å². The monoisotopic (exact) mass is 266 g/mol. The van der Waals surface area contributed by atoms with Gasteiger partial charge < -0.3 is 10.2 Å². The molecule has 2 aliphatic rings. The Bertz CT molecular complexity index is 254. The fourth-order valence-electron chi connectivity index (χ4n) is 4.41. The van der Waals surface area contributed by atoms with Gasteiger partial charge in [0.1, 0.15) is 0 Å². The van der Waals surface area contributed by atoms with Crippen LogP contribution in [0.5, 0.6) is 0 Å². The Kier molecular flexibility index (Phi) is 6.15. The van der Waals surface area contributed by atoms with E-state index in [1.54, 1.807) is 6.42 Å². The summed E-state index contributed by atoms with van der Waals surface area (Å²) in [6.07, 6.45) is 9.98. The molecule has 2 heteroatoms. The van der Waals surface area contributed by atoms with E-state index in [-0.39, 0.29) is 0 Å². The molecule has 0 radical (unpaired) electrons. The first kappa shape index (κ1) is 15.3. The number of nitrogens with zero attached hydrogens (tertiary/aromatic N) is 1. The highest BCUT2D eigenvalue weighted by molar-refractivity contribution is 4.91. The average Bonchev–Trinajstić information content (AvgIpc) is 2.98. The predicted molar refractivity (Wildman–Crippen MR) is 83.4 cm³/mol. The third-order valence-electron chi connectivity index (χ3n) is 5.28. The summed E-state index contributed by atoms with van der Waals surface area (Å²) in [5.74, 6) is 3.17. The zero-order chi connectivity index (χ0) is 13.7. The van der Waals surface area contributed by atoms with E-state index in [1.165, 1.54) is 58.2 Å². The van der Waals surface area contributed by atoms with E-state index >= 15 is 0 Å². The van der Waals surface area contributed by atoms with Gasteiger partial charge >= 0.3 is 0 Å². The first-order valence-electron chi connectivity index (χ1n) is 8.64. The first-order chi connectivity index (χ1) is 9.22. The summed E-state index contributed by atoms with van der Waals surface area (Å²) >= 11 is 0. The SMILES string of the molecule is CCCNC(CCC)CN(C)CC1CC2CCC1C2. The van der Waals surface area contributed by atoms with Crippen molar-refractivity contribution in [3.63, 3.8) is 0 Å². The lowest BCUT2D eigenvalue weighted by atomic mass is 9.88. The molecule has 0 aromatic rings. The fraction of sp³-hybridized carbons (Fsp3) is 1.00. The Morgan fingerprint density at radius 2 is 2.00 bits per heavy atom. The van der Waals surface area contributed by atoms with Crippen molar-refractivity contribution in [2.24, 2.45) is 17.8 Å². The Labute approximate surface area is 120 Å². The highest BCUT2D eigenvalue weighted by Crippen LogP contribution is 2.48. The molecule has 2 fully saturated rings. The maximum Gasteiger partial charge on any atom is 0.0194 e. The Balaban J connectivity index is 1.70. The average molecular weight is 266 g/mol. The lowest BCUT2D eigenvalue weighted by Crippen LogP contribution is -2.41. The summed E-state index contributed by atoms with van der Waals surface area (Å²) in [7, 11) is 2.34. The van der Waals surface area contributed by atoms with Crippen molar-refractivity contribution < 1.29 is 0 Å². The molecule has 2 nitrogen and oxygen atoms in total. The molecule has 2 aliphatic carbocycles. The molecule has 0 aliphatic heterocycles. The molecule has 0 aromatic carbocycles. The van der Waals surface area contributed by atoms with Gasteiger partial charge in [-0.1, -0.05) is 26.7 Å². The Morgan fingerprint density at radius 1 is 1.16 bits per heavy atom. The zero-order valence-corrected chi connectivity index (χ0v) is 13.3. The maximum atomic E-state index is 3.72. The number of nitrogens with one attached hydrogen (secondary N) is 1. The number of rotatable bonds is 9. The topological polar surface area (TPSA) is 15.3 Å². The second-order valence-electron chi connectivity index (χ2n) is 7.10. The summed E-state index contributed by atoms with van der Waals surface area (Å²) in [6.45, 7) is 8.31. The van der Waals surface area contributed by atoms with Crippen LogP contribution in [0, 0.1) is 17.8 Å². The quantitative estimate of drug-likeness (QED) is 0.687. The minimum absolute atomic E-state index is 0.702. The van der Waals surface area contributed by atoms with E-state index in [4.69, 9.17) is 0 Å². The second-order valence-corrected chi connectivity index (χ2v) is 7.10. The molecule has 0 heterocycles. The largest absolute Gasteiger partial charge is 0.313 e. The molecular formula is C17H34N2. The van der Waals surface area contributed by atoms with Crippen molar-refractivity contribution in [1.82, 2.24) is 10.2 Å². The first-order valence-corrected chi connectivity index (χ1v) is 8.64. The van der Waals surface area contributed by atoms with Crippen LogP contribution >= 0.6 is 0 Å². The molecule has 0 saturated heterocycles. The van der Waals surface area contributed by atoms with Crippen molar-refractivity contribution >= 4 is 0 Å². The van der Waals surface area contributed by atoms with Gasteiger partial charge in [0, 0.05) is 19.1 Å². The van der Waals surface area contributed by atoms with Crippen LogP contribution in [-0.4, -0.2) is 37.6 Å². The van der Waals surface area contributed by atoms with Gasteiger partial charge in [-0.25, -0.2) is 0 Å². The third-order valence-corrected chi connectivity index (χ3v) is 5.28. The van der Waals surface area contributed by atoms with Crippen LogP contribution in [0.2, 0.25) is 0 Å². The van der Waals surface area contributed by atoms with Crippen molar-refractivity contribution in [1.29, 1.82) is 0 Å². The highest BCUT2D eigenvalue weighted by Gasteiger charge is 2.39. The second kappa shape index (κ2) is 7.64. The molecular weight excluding hydrogens is 232 g/mol. The van der Waals surface area contributed by atoms with Crippen LogP contribution in [0.1, 0.15) is 58.8 Å². The smallest absolute Gasteiger partial charge is 0.0194 e. The number of hydrogen-bond acceptors (Lipinski definition) is 2. The van der Waals surface area contributed by atoms with Crippen LogP contribution < -0.4 is 5.32 Å². The molecule has 0 aromatic heterocycles. The van der Waals surface area contributed by atoms with Crippen LogP contribution in [0.15, 0.2) is 0 Å². The predicted octanol–water partition coefficient (Wildman–Crippen LogP) is 3.52. The molecule has 19 heavy (non-hydrogen) atoms. The molecule has 2 saturated carbocycles. The number of hydrogen-bond donors (Lipinski definition) is 1. The van der Waals surface area contributed by atoms with Gasteiger partial charge in [0.25, 0.3) is 0 Å². The molecule has 0 spiro atoms. The Hall–Kier alpha value is -0.0800. The van der Waals surface area contributed by atoms with Gasteiger partial charge in [0.2, 0.25) is 0 Å². The summed E-state index contributed by atoms with van der Waals surface area (Å²) < 4.78 is 0. The lowest BCUT2D eigenvalue weighted by molar-refractivity contribution is 0.201.